The molecule has 0 aromatic carbocycles. The first-order valence-corrected chi connectivity index (χ1v) is 5.39. The van der Waals surface area contributed by atoms with Gasteiger partial charge < -0.3 is 10.5 Å². The Kier molecular flexibility index (Phi) is 3.37. The van der Waals surface area contributed by atoms with E-state index in [0.717, 1.165) is 0 Å². The number of aromatic nitrogens is 1. The number of hydrogen-bond donors (Lipinski definition) is 1. The molecule has 0 aliphatic heterocycles. The molecule has 0 atom stereocenters. The van der Waals surface area contributed by atoms with Crippen LogP contribution in [0.15, 0.2) is 0 Å². The molecule has 2 N–H and O–H groups in total. The predicted octanol–water partition coefficient (Wildman–Crippen LogP) is 2.70. The van der Waals surface area contributed by atoms with Crippen molar-refractivity contribution in [1.29, 1.82) is 0 Å². The summed E-state index contributed by atoms with van der Waals surface area (Å²) in [4.78, 5) is 13.7. The van der Waals surface area contributed by atoms with Gasteiger partial charge in [0, 0.05) is 0 Å². The number of esters is 1. The van der Waals surface area contributed by atoms with Crippen LogP contribution in [0.25, 0.3) is 0 Å². The summed E-state index contributed by atoms with van der Waals surface area (Å²) < 4.78 is 42.5. The lowest BCUT2D eigenvalue weighted by Crippen LogP contribution is -2.25. The minimum absolute atomic E-state index is 0.216. The fourth-order valence-electron chi connectivity index (χ4n) is 0.994. The van der Waals surface area contributed by atoms with E-state index in [1.807, 2.05) is 0 Å². The number of nitrogens with two attached hydrogens (primary N) is 1. The number of alkyl halides is 3. The summed E-state index contributed by atoms with van der Waals surface area (Å²) in [7, 11) is 0. The molecule has 0 fully saturated rings. The van der Waals surface area contributed by atoms with Gasteiger partial charge in [-0.05, 0) is 20.8 Å². The van der Waals surface area contributed by atoms with Crippen LogP contribution < -0.4 is 5.73 Å². The van der Waals surface area contributed by atoms with Gasteiger partial charge in [-0.2, -0.15) is 13.2 Å². The lowest BCUT2D eigenvalue weighted by Gasteiger charge is -2.19. The van der Waals surface area contributed by atoms with E-state index in [1.165, 1.54) is 0 Å². The van der Waals surface area contributed by atoms with E-state index >= 15 is 0 Å². The summed E-state index contributed by atoms with van der Waals surface area (Å²) in [6.45, 7) is 4.65. The lowest BCUT2D eigenvalue weighted by atomic mass is 10.2. The summed E-state index contributed by atoms with van der Waals surface area (Å²) in [5, 5.41) is -0.321. The van der Waals surface area contributed by atoms with Gasteiger partial charge >= 0.3 is 12.1 Å². The van der Waals surface area contributed by atoms with E-state index in [4.69, 9.17) is 10.5 Å². The molecular formula is C9H11F3N2O2S. The Labute approximate surface area is 99.6 Å². The molecule has 0 saturated heterocycles. The number of carbonyl (C=O) groups is 1. The number of nitrogen functional groups attached to an aromatic ring is 1. The molecule has 0 aliphatic carbocycles. The molecule has 0 amide bonds. The Morgan fingerprint density at radius 2 is 1.88 bits per heavy atom. The first kappa shape index (κ1) is 13.8. The highest BCUT2D eigenvalue weighted by Crippen LogP contribution is 2.37. The van der Waals surface area contributed by atoms with E-state index in [1.54, 1.807) is 20.8 Å². The zero-order chi connectivity index (χ0) is 13.4. The molecule has 0 saturated carbocycles. The second-order valence-electron chi connectivity index (χ2n) is 4.23. The van der Waals surface area contributed by atoms with E-state index in [-0.39, 0.29) is 16.5 Å². The summed E-state index contributed by atoms with van der Waals surface area (Å²) in [6.07, 6.45) is -4.67. The van der Waals surface area contributed by atoms with Crippen molar-refractivity contribution in [2.24, 2.45) is 0 Å². The predicted molar refractivity (Wildman–Crippen MR) is 56.7 cm³/mol. The van der Waals surface area contributed by atoms with Gasteiger partial charge in [-0.25, -0.2) is 9.78 Å². The number of thiazole rings is 1. The summed E-state index contributed by atoms with van der Waals surface area (Å²) >= 11 is 0.216. The highest BCUT2D eigenvalue weighted by Gasteiger charge is 2.40. The van der Waals surface area contributed by atoms with Crippen LogP contribution in [0.1, 0.15) is 36.1 Å². The molecule has 1 rings (SSSR count). The molecular weight excluding hydrogens is 257 g/mol. The van der Waals surface area contributed by atoms with Gasteiger partial charge in [-0.15, -0.1) is 0 Å². The number of nitrogens with zero attached hydrogens (tertiary/aromatic N) is 1. The molecule has 4 nitrogen and oxygen atoms in total. The quantitative estimate of drug-likeness (QED) is 0.795. The van der Waals surface area contributed by atoms with Crippen LogP contribution in [0.2, 0.25) is 0 Å². The first-order valence-electron chi connectivity index (χ1n) is 4.57. The van der Waals surface area contributed by atoms with E-state index in [9.17, 15) is 18.0 Å². The van der Waals surface area contributed by atoms with Gasteiger partial charge in [0.05, 0.1) is 0 Å². The zero-order valence-electron chi connectivity index (χ0n) is 9.38. The molecule has 1 aromatic heterocycles. The van der Waals surface area contributed by atoms with Crippen molar-refractivity contribution < 1.29 is 22.7 Å². The molecule has 8 heteroatoms. The Morgan fingerprint density at radius 1 is 1.35 bits per heavy atom. The molecule has 1 heterocycles. The first-order chi connectivity index (χ1) is 7.50. The van der Waals surface area contributed by atoms with Crippen LogP contribution >= 0.6 is 11.3 Å². The average molecular weight is 268 g/mol. The maximum absolute atomic E-state index is 12.6. The minimum Gasteiger partial charge on any atom is -0.455 e. The Morgan fingerprint density at radius 3 is 2.29 bits per heavy atom. The molecule has 17 heavy (non-hydrogen) atoms. The van der Waals surface area contributed by atoms with Crippen LogP contribution in [0.4, 0.5) is 18.3 Å². The Bertz CT molecular complexity index is 434. The second-order valence-corrected chi connectivity index (χ2v) is 5.26. The van der Waals surface area contributed by atoms with Crippen LogP contribution in [-0.4, -0.2) is 16.6 Å². The normalized spacial score (nSPS) is 12.6. The third-order valence-electron chi connectivity index (χ3n) is 1.49. The van der Waals surface area contributed by atoms with Gasteiger partial charge in [0.15, 0.2) is 10.8 Å². The lowest BCUT2D eigenvalue weighted by molar-refractivity contribution is -0.135. The van der Waals surface area contributed by atoms with Crippen molar-refractivity contribution in [2.45, 2.75) is 32.5 Å². The SMILES string of the molecule is CC(C)(C)OC(=O)c1nc(N)sc1C(F)(F)F. The van der Waals surface area contributed by atoms with Gasteiger partial charge in [0.1, 0.15) is 10.5 Å². The molecule has 0 unspecified atom stereocenters. The smallest absolute Gasteiger partial charge is 0.428 e. The van der Waals surface area contributed by atoms with Crippen molar-refractivity contribution >= 4 is 22.4 Å². The number of hydrogen-bond acceptors (Lipinski definition) is 5. The van der Waals surface area contributed by atoms with Gasteiger partial charge in [-0.3, -0.25) is 0 Å². The number of carbonyl (C=O) groups excluding carboxylic acids is 1. The maximum atomic E-state index is 12.6. The van der Waals surface area contributed by atoms with Crippen LogP contribution in [0.3, 0.4) is 0 Å². The topological polar surface area (TPSA) is 65.2 Å². The third-order valence-corrected chi connectivity index (χ3v) is 2.42. The van der Waals surface area contributed by atoms with Gasteiger partial charge in [0.25, 0.3) is 0 Å². The van der Waals surface area contributed by atoms with Crippen molar-refractivity contribution in [3.63, 3.8) is 0 Å². The number of ether oxygens (including phenoxy) is 1. The number of halogens is 3. The fourth-order valence-corrected chi connectivity index (χ4v) is 1.68. The average Bonchev–Trinajstić information content (AvgIpc) is 2.43. The van der Waals surface area contributed by atoms with E-state index in [2.05, 4.69) is 4.98 Å². The standard InChI is InChI=1S/C9H11F3N2O2S/c1-8(2,3)16-6(15)4-5(9(10,11)12)17-7(13)14-4/h1-3H3,(H2,13,14). The van der Waals surface area contributed by atoms with Crippen LogP contribution in [0, 0.1) is 0 Å². The molecule has 0 aliphatic rings. The third kappa shape index (κ3) is 3.58. The van der Waals surface area contributed by atoms with E-state index in [0.29, 0.717) is 0 Å². The fraction of sp³-hybridized carbons (Fsp3) is 0.556. The molecule has 0 spiro atoms. The molecule has 1 aromatic rings. The summed E-state index contributed by atoms with van der Waals surface area (Å²) in [5.74, 6) is -1.13. The number of anilines is 1. The zero-order valence-corrected chi connectivity index (χ0v) is 10.2. The molecule has 0 radical (unpaired) electrons. The van der Waals surface area contributed by atoms with Crippen molar-refractivity contribution in [3.8, 4) is 0 Å². The van der Waals surface area contributed by atoms with Crippen LogP contribution in [0.5, 0.6) is 0 Å². The monoisotopic (exact) mass is 268 g/mol. The number of rotatable bonds is 1. The van der Waals surface area contributed by atoms with Crippen molar-refractivity contribution in [1.82, 2.24) is 4.98 Å². The Hall–Kier alpha value is -1.31. The van der Waals surface area contributed by atoms with E-state index < -0.39 is 28.3 Å². The minimum atomic E-state index is -4.67. The van der Waals surface area contributed by atoms with Crippen molar-refractivity contribution in [3.05, 3.63) is 10.6 Å². The maximum Gasteiger partial charge on any atom is 0.428 e. The van der Waals surface area contributed by atoms with Gasteiger partial charge in [0.2, 0.25) is 0 Å². The van der Waals surface area contributed by atoms with Crippen LogP contribution in [-0.2, 0) is 10.9 Å². The highest BCUT2D eigenvalue weighted by atomic mass is 32.1. The van der Waals surface area contributed by atoms with Crippen molar-refractivity contribution in [2.75, 3.05) is 5.73 Å². The Balaban J connectivity index is 3.10. The molecule has 96 valence electrons. The van der Waals surface area contributed by atoms with Gasteiger partial charge in [-0.1, -0.05) is 11.3 Å². The summed E-state index contributed by atoms with van der Waals surface area (Å²) in [5.41, 5.74) is 3.50. The second kappa shape index (κ2) is 4.17. The summed E-state index contributed by atoms with van der Waals surface area (Å²) in [6, 6.07) is 0. The largest absolute Gasteiger partial charge is 0.455 e. The molecule has 0 bridgehead atoms. The highest BCUT2D eigenvalue weighted by molar-refractivity contribution is 7.15.